The van der Waals surface area contributed by atoms with Crippen molar-refractivity contribution in [3.05, 3.63) is 46.3 Å². The quantitative estimate of drug-likeness (QED) is 0.517. The van der Waals surface area contributed by atoms with E-state index in [2.05, 4.69) is 42.4 Å². The third-order valence-corrected chi connectivity index (χ3v) is 8.24. The highest BCUT2D eigenvalue weighted by molar-refractivity contribution is 7.99. The van der Waals surface area contributed by atoms with Crippen LogP contribution in [0.15, 0.2) is 35.5 Å². The molecular formula is C24H27N5OS2. The lowest BCUT2D eigenvalue weighted by Gasteiger charge is -2.33. The number of nitrogens with one attached hydrogen (secondary N) is 1. The molecule has 8 heteroatoms. The third kappa shape index (κ3) is 4.59. The number of nitriles is 1. The molecule has 0 bridgehead atoms. The first-order valence-corrected chi connectivity index (χ1v) is 12.5. The summed E-state index contributed by atoms with van der Waals surface area (Å²) in [6, 6.07) is 12.2. The average molecular weight is 466 g/mol. The fourth-order valence-corrected chi connectivity index (χ4v) is 6.11. The number of amides is 1. The number of carbonyl (C=O) groups excluding carboxylic acids is 1. The Hall–Kier alpha value is -2.63. The van der Waals surface area contributed by atoms with Crippen molar-refractivity contribution in [2.75, 3.05) is 11.1 Å². The van der Waals surface area contributed by atoms with Gasteiger partial charge in [-0.2, -0.15) is 5.26 Å². The maximum absolute atomic E-state index is 12.7. The molecule has 1 N–H and O–H groups in total. The van der Waals surface area contributed by atoms with Crippen LogP contribution in [0.3, 0.4) is 0 Å². The number of hydrogen-bond acceptors (Lipinski definition) is 6. The van der Waals surface area contributed by atoms with Gasteiger partial charge in [0, 0.05) is 17.5 Å². The van der Waals surface area contributed by atoms with Gasteiger partial charge < -0.3 is 9.88 Å². The first-order chi connectivity index (χ1) is 15.3. The fourth-order valence-electron chi connectivity index (χ4n) is 4.10. The maximum Gasteiger partial charge on any atom is 0.235 e. The van der Waals surface area contributed by atoms with E-state index in [1.165, 1.54) is 16.6 Å². The molecule has 0 aliphatic heterocycles. The van der Waals surface area contributed by atoms with Gasteiger partial charge >= 0.3 is 0 Å². The second-order valence-corrected chi connectivity index (χ2v) is 11.2. The number of thiophene rings is 1. The lowest BCUT2D eigenvalue weighted by Crippen LogP contribution is -2.26. The number of anilines is 1. The van der Waals surface area contributed by atoms with Gasteiger partial charge in [-0.15, -0.1) is 21.5 Å². The highest BCUT2D eigenvalue weighted by Gasteiger charge is 2.32. The number of hydrogen-bond donors (Lipinski definition) is 1. The zero-order chi connectivity index (χ0) is 22.9. The van der Waals surface area contributed by atoms with Crippen molar-refractivity contribution in [2.24, 2.45) is 18.4 Å². The molecule has 1 aliphatic carbocycles. The molecule has 1 aromatic carbocycles. The molecule has 0 unspecified atom stereocenters. The van der Waals surface area contributed by atoms with Crippen molar-refractivity contribution >= 4 is 34.0 Å². The van der Waals surface area contributed by atoms with Crippen LogP contribution in [0.1, 0.15) is 43.2 Å². The molecule has 1 aliphatic rings. The van der Waals surface area contributed by atoms with Crippen molar-refractivity contribution < 1.29 is 4.79 Å². The van der Waals surface area contributed by atoms with Crippen LogP contribution in [0, 0.1) is 22.7 Å². The van der Waals surface area contributed by atoms with E-state index >= 15 is 0 Å². The number of aromatic nitrogens is 3. The van der Waals surface area contributed by atoms with E-state index in [-0.39, 0.29) is 17.1 Å². The van der Waals surface area contributed by atoms with Gasteiger partial charge in [-0.3, -0.25) is 4.79 Å². The second kappa shape index (κ2) is 9.08. The SMILES string of the molecule is Cn1c(SCC(=O)Nc2sc3c(c2C#N)CC[C@H](C(C)(C)C)C3)nnc1-c1ccccc1. The van der Waals surface area contributed by atoms with Crippen LogP contribution in [0.25, 0.3) is 11.4 Å². The minimum absolute atomic E-state index is 0.137. The Morgan fingerprint density at radius 2 is 2.06 bits per heavy atom. The van der Waals surface area contributed by atoms with E-state index in [9.17, 15) is 10.1 Å². The van der Waals surface area contributed by atoms with E-state index in [1.807, 2.05) is 41.9 Å². The molecule has 3 aromatic rings. The van der Waals surface area contributed by atoms with Crippen LogP contribution < -0.4 is 5.32 Å². The van der Waals surface area contributed by atoms with E-state index in [1.54, 1.807) is 11.3 Å². The van der Waals surface area contributed by atoms with Crippen LogP contribution in [-0.4, -0.2) is 26.4 Å². The van der Waals surface area contributed by atoms with E-state index in [0.717, 1.165) is 36.2 Å². The molecule has 1 amide bonds. The first-order valence-electron chi connectivity index (χ1n) is 10.7. The fraction of sp³-hybridized carbons (Fsp3) is 0.417. The highest BCUT2D eigenvalue weighted by atomic mass is 32.2. The first kappa shape index (κ1) is 22.6. The summed E-state index contributed by atoms with van der Waals surface area (Å²) in [7, 11) is 1.90. The molecule has 0 spiro atoms. The summed E-state index contributed by atoms with van der Waals surface area (Å²) in [5.41, 5.74) is 2.99. The zero-order valence-electron chi connectivity index (χ0n) is 18.8. The number of nitrogens with zero attached hydrogens (tertiary/aromatic N) is 4. The van der Waals surface area contributed by atoms with Gasteiger partial charge in [0.25, 0.3) is 0 Å². The van der Waals surface area contributed by atoms with Gasteiger partial charge in [-0.05, 0) is 36.2 Å². The minimum atomic E-state index is -0.137. The van der Waals surface area contributed by atoms with Crippen LogP contribution in [0.4, 0.5) is 5.00 Å². The van der Waals surface area contributed by atoms with Crippen LogP contribution in [0.2, 0.25) is 0 Å². The molecule has 0 radical (unpaired) electrons. The summed E-state index contributed by atoms with van der Waals surface area (Å²) in [6.07, 6.45) is 2.97. The van der Waals surface area contributed by atoms with E-state index in [4.69, 9.17) is 0 Å². The second-order valence-electron chi connectivity index (χ2n) is 9.19. The summed E-state index contributed by atoms with van der Waals surface area (Å²) in [6.45, 7) is 6.82. The van der Waals surface area contributed by atoms with Crippen LogP contribution in [0.5, 0.6) is 0 Å². The standard InChI is InChI=1S/C24H27N5OS2/c1-24(2,3)16-10-11-17-18(13-25)22(32-19(17)12-16)26-20(30)14-31-23-28-27-21(29(23)4)15-8-6-5-7-9-15/h5-9,16H,10-12,14H2,1-4H3,(H,26,30)/t16-/m0/s1. The van der Waals surface area contributed by atoms with Gasteiger partial charge in [0.05, 0.1) is 11.3 Å². The molecule has 166 valence electrons. The lowest BCUT2D eigenvalue weighted by atomic mass is 9.72. The Bertz CT molecular complexity index is 1170. The predicted octanol–water partition coefficient (Wildman–Crippen LogP) is 5.30. The molecule has 32 heavy (non-hydrogen) atoms. The highest BCUT2D eigenvalue weighted by Crippen LogP contribution is 2.44. The van der Waals surface area contributed by atoms with Gasteiger partial charge in [-0.25, -0.2) is 0 Å². The number of rotatable bonds is 5. The summed E-state index contributed by atoms with van der Waals surface area (Å²) in [5, 5.41) is 22.6. The Labute approximate surface area is 197 Å². The number of fused-ring (bicyclic) bond motifs is 1. The molecule has 2 aromatic heterocycles. The summed E-state index contributed by atoms with van der Waals surface area (Å²) < 4.78 is 1.89. The van der Waals surface area contributed by atoms with Crippen molar-refractivity contribution in [3.8, 4) is 17.5 Å². The molecule has 0 saturated heterocycles. The lowest BCUT2D eigenvalue weighted by molar-refractivity contribution is -0.113. The van der Waals surface area contributed by atoms with Crippen LogP contribution in [-0.2, 0) is 24.7 Å². The van der Waals surface area contributed by atoms with Crippen molar-refractivity contribution in [1.82, 2.24) is 14.8 Å². The summed E-state index contributed by atoms with van der Waals surface area (Å²) in [5.74, 6) is 1.43. The van der Waals surface area contributed by atoms with Crippen LogP contribution >= 0.6 is 23.1 Å². The number of benzene rings is 1. The Morgan fingerprint density at radius 3 is 2.75 bits per heavy atom. The zero-order valence-corrected chi connectivity index (χ0v) is 20.4. The largest absolute Gasteiger partial charge is 0.316 e. The predicted molar refractivity (Wildman–Crippen MR) is 130 cm³/mol. The van der Waals surface area contributed by atoms with Gasteiger partial charge in [0.1, 0.15) is 11.1 Å². The Balaban J connectivity index is 1.43. The molecule has 0 fully saturated rings. The molecule has 0 saturated carbocycles. The van der Waals surface area contributed by atoms with Crippen molar-refractivity contribution in [1.29, 1.82) is 5.26 Å². The molecule has 4 rings (SSSR count). The topological polar surface area (TPSA) is 83.6 Å². The van der Waals surface area contributed by atoms with E-state index < -0.39 is 0 Å². The van der Waals surface area contributed by atoms with Gasteiger partial charge in [0.2, 0.25) is 5.91 Å². The smallest absolute Gasteiger partial charge is 0.235 e. The maximum atomic E-state index is 12.7. The van der Waals surface area contributed by atoms with Crippen molar-refractivity contribution in [2.45, 2.75) is 45.2 Å². The van der Waals surface area contributed by atoms with Gasteiger partial charge in [0.15, 0.2) is 11.0 Å². The Kier molecular flexibility index (Phi) is 6.40. The molecule has 2 heterocycles. The molecule has 1 atom stereocenters. The third-order valence-electron chi connectivity index (χ3n) is 6.05. The number of thioether (sulfide) groups is 1. The minimum Gasteiger partial charge on any atom is -0.316 e. The summed E-state index contributed by atoms with van der Waals surface area (Å²) in [4.78, 5) is 13.9. The average Bonchev–Trinajstić information content (AvgIpc) is 3.31. The monoisotopic (exact) mass is 465 g/mol. The van der Waals surface area contributed by atoms with E-state index in [0.29, 0.717) is 21.6 Å². The molecular weight excluding hydrogens is 438 g/mol. The molecule has 6 nitrogen and oxygen atoms in total. The van der Waals surface area contributed by atoms with Crippen molar-refractivity contribution in [3.63, 3.8) is 0 Å². The Morgan fingerprint density at radius 1 is 1.31 bits per heavy atom. The summed E-state index contributed by atoms with van der Waals surface area (Å²) >= 11 is 2.91. The number of carbonyl (C=O) groups is 1. The normalized spacial score (nSPS) is 15.8. The van der Waals surface area contributed by atoms with Gasteiger partial charge in [-0.1, -0.05) is 62.9 Å².